The zero-order chi connectivity index (χ0) is 16.8. The molecule has 0 bridgehead atoms. The number of hydrogen-bond donors (Lipinski definition) is 1. The lowest BCUT2D eigenvalue weighted by Gasteiger charge is -2.39. The van der Waals surface area contributed by atoms with E-state index in [1.54, 1.807) is 15.5 Å². The number of rotatable bonds is 2. The molecule has 1 amide bonds. The Morgan fingerprint density at radius 2 is 2.00 bits per heavy atom. The summed E-state index contributed by atoms with van der Waals surface area (Å²) in [6, 6.07) is 3.64. The number of carboxylic acid groups (broad SMARTS) is 1. The smallest absolute Gasteiger partial charge is 0.410 e. The van der Waals surface area contributed by atoms with Gasteiger partial charge in [-0.25, -0.2) is 14.1 Å². The average Bonchev–Trinajstić information content (AvgIpc) is 2.77. The maximum absolute atomic E-state index is 11.9. The molecule has 1 fully saturated rings. The highest BCUT2D eigenvalue weighted by Gasteiger charge is 2.34. The van der Waals surface area contributed by atoms with Crippen LogP contribution in [0, 0.1) is 0 Å². The van der Waals surface area contributed by atoms with Gasteiger partial charge in [-0.2, -0.15) is 5.10 Å². The molecule has 0 spiro atoms. The molecule has 0 aliphatic carbocycles. The van der Waals surface area contributed by atoms with Crippen LogP contribution in [0.3, 0.4) is 0 Å². The minimum absolute atomic E-state index is 0.181. The summed E-state index contributed by atoms with van der Waals surface area (Å²) >= 11 is 0. The van der Waals surface area contributed by atoms with Crippen molar-refractivity contribution in [1.82, 2.24) is 14.5 Å². The van der Waals surface area contributed by atoms with E-state index >= 15 is 0 Å². The summed E-state index contributed by atoms with van der Waals surface area (Å²) in [5, 5.41) is 13.2. The first kappa shape index (κ1) is 15.3. The molecule has 23 heavy (non-hydrogen) atoms. The van der Waals surface area contributed by atoms with Crippen LogP contribution < -0.4 is 0 Å². The maximum atomic E-state index is 11.9. The van der Waals surface area contributed by atoms with Gasteiger partial charge < -0.3 is 14.7 Å². The van der Waals surface area contributed by atoms with Crippen molar-refractivity contribution >= 4 is 17.6 Å². The van der Waals surface area contributed by atoms with Crippen LogP contribution in [0.5, 0.6) is 0 Å². The number of carboxylic acids is 1. The van der Waals surface area contributed by atoms with Crippen molar-refractivity contribution < 1.29 is 19.4 Å². The van der Waals surface area contributed by atoms with Gasteiger partial charge in [0.1, 0.15) is 11.2 Å². The topological polar surface area (TPSA) is 84.1 Å². The summed E-state index contributed by atoms with van der Waals surface area (Å²) < 4.78 is 6.89. The highest BCUT2D eigenvalue weighted by Crippen LogP contribution is 2.29. The quantitative estimate of drug-likeness (QED) is 0.919. The largest absolute Gasteiger partial charge is 0.478 e. The minimum atomic E-state index is -0.993. The molecule has 7 heteroatoms. The molecular formula is C16H19N3O4. The van der Waals surface area contributed by atoms with E-state index in [9.17, 15) is 9.59 Å². The van der Waals surface area contributed by atoms with Crippen molar-refractivity contribution in [2.24, 2.45) is 0 Å². The van der Waals surface area contributed by atoms with E-state index in [4.69, 9.17) is 9.84 Å². The zero-order valence-corrected chi connectivity index (χ0v) is 13.3. The number of likely N-dealkylation sites (tertiary alicyclic amines) is 1. The summed E-state index contributed by atoms with van der Waals surface area (Å²) in [4.78, 5) is 24.7. The number of carbonyl (C=O) groups is 2. The van der Waals surface area contributed by atoms with Crippen LogP contribution in [0.25, 0.3) is 5.52 Å². The van der Waals surface area contributed by atoms with Gasteiger partial charge in [-0.1, -0.05) is 6.07 Å². The molecule has 122 valence electrons. The molecule has 3 rings (SSSR count). The monoisotopic (exact) mass is 317 g/mol. The van der Waals surface area contributed by atoms with Gasteiger partial charge in [-0.3, -0.25) is 0 Å². The third-order valence-electron chi connectivity index (χ3n) is 3.77. The highest BCUT2D eigenvalue weighted by molar-refractivity contribution is 5.95. The van der Waals surface area contributed by atoms with Gasteiger partial charge in [0.25, 0.3) is 0 Å². The number of aromatic nitrogens is 2. The molecule has 0 unspecified atom stereocenters. The minimum Gasteiger partial charge on any atom is -0.478 e. The third kappa shape index (κ3) is 2.99. The van der Waals surface area contributed by atoms with Gasteiger partial charge >= 0.3 is 12.1 Å². The fraction of sp³-hybridized carbons (Fsp3) is 0.438. The van der Waals surface area contributed by atoms with Gasteiger partial charge in [0.15, 0.2) is 0 Å². The number of aromatic carboxylic acids is 1. The molecule has 1 N–H and O–H groups in total. The summed E-state index contributed by atoms with van der Waals surface area (Å²) in [5.41, 5.74) is 1.27. The number of ether oxygens (including phenoxy) is 1. The Hall–Kier alpha value is -2.57. The van der Waals surface area contributed by atoms with E-state index in [-0.39, 0.29) is 17.6 Å². The maximum Gasteiger partial charge on any atom is 0.410 e. The molecule has 0 aromatic carbocycles. The van der Waals surface area contributed by atoms with Crippen LogP contribution in [0.15, 0.2) is 24.5 Å². The number of pyridine rings is 1. The summed E-state index contributed by atoms with van der Waals surface area (Å²) in [6.07, 6.45) is 2.86. The van der Waals surface area contributed by atoms with Crippen LogP contribution in [0.2, 0.25) is 0 Å². The van der Waals surface area contributed by atoms with Crippen molar-refractivity contribution in [2.45, 2.75) is 32.3 Å². The van der Waals surface area contributed by atoms with E-state index in [0.29, 0.717) is 18.6 Å². The van der Waals surface area contributed by atoms with E-state index < -0.39 is 11.6 Å². The first-order chi connectivity index (χ1) is 10.7. The highest BCUT2D eigenvalue weighted by atomic mass is 16.6. The average molecular weight is 317 g/mol. The SMILES string of the molecule is CC(C)(C)OC(=O)N1CC(c2ccc3c(C(=O)O)cnn3c2)C1. The Kier molecular flexibility index (Phi) is 3.50. The first-order valence-electron chi connectivity index (χ1n) is 7.43. The van der Waals surface area contributed by atoms with Crippen molar-refractivity contribution in [3.05, 3.63) is 35.7 Å². The third-order valence-corrected chi connectivity index (χ3v) is 3.77. The Labute approximate surface area is 133 Å². The summed E-state index contributed by atoms with van der Waals surface area (Å²) in [5.74, 6) is -0.781. The van der Waals surface area contributed by atoms with Gasteiger partial charge in [0.05, 0.1) is 11.7 Å². The second-order valence-corrected chi connectivity index (χ2v) is 6.74. The van der Waals surface area contributed by atoms with Crippen LogP contribution in [-0.4, -0.2) is 50.4 Å². The lowest BCUT2D eigenvalue weighted by atomic mass is 9.93. The molecule has 7 nitrogen and oxygen atoms in total. The van der Waals surface area contributed by atoms with Crippen molar-refractivity contribution in [3.8, 4) is 0 Å². The number of carbonyl (C=O) groups excluding carboxylic acids is 1. The molecule has 2 aromatic rings. The van der Waals surface area contributed by atoms with Crippen molar-refractivity contribution in [3.63, 3.8) is 0 Å². The second kappa shape index (κ2) is 5.26. The molecule has 3 heterocycles. The Morgan fingerprint density at radius 3 is 2.61 bits per heavy atom. The zero-order valence-electron chi connectivity index (χ0n) is 13.3. The molecule has 2 aromatic heterocycles. The van der Waals surface area contributed by atoms with Gasteiger partial charge in [-0.05, 0) is 32.4 Å². The normalized spacial score (nSPS) is 15.5. The Balaban J connectivity index is 1.69. The van der Waals surface area contributed by atoms with Crippen molar-refractivity contribution in [2.75, 3.05) is 13.1 Å². The van der Waals surface area contributed by atoms with Gasteiger partial charge in [-0.15, -0.1) is 0 Å². The number of amides is 1. The predicted molar refractivity (Wildman–Crippen MR) is 82.7 cm³/mol. The van der Waals surface area contributed by atoms with Gasteiger partial charge in [0, 0.05) is 25.2 Å². The molecule has 1 aliphatic heterocycles. The predicted octanol–water partition coefficient (Wildman–Crippen LogP) is 2.37. The van der Waals surface area contributed by atoms with Crippen LogP contribution in [0.4, 0.5) is 4.79 Å². The number of nitrogens with zero attached hydrogens (tertiary/aromatic N) is 3. The molecule has 1 saturated heterocycles. The van der Waals surface area contributed by atoms with Crippen LogP contribution in [-0.2, 0) is 4.74 Å². The number of fused-ring (bicyclic) bond motifs is 1. The molecular weight excluding hydrogens is 298 g/mol. The van der Waals surface area contributed by atoms with E-state index in [1.165, 1.54) is 6.20 Å². The van der Waals surface area contributed by atoms with Crippen LogP contribution in [0.1, 0.15) is 42.6 Å². The lowest BCUT2D eigenvalue weighted by Crippen LogP contribution is -2.50. The standard InChI is InChI=1S/C16H19N3O4/c1-16(2,3)23-15(22)18-7-11(8-18)10-4-5-13-12(14(20)21)6-17-19(13)9-10/h4-6,9,11H,7-8H2,1-3H3,(H,20,21). The van der Waals surface area contributed by atoms with Gasteiger partial charge in [0.2, 0.25) is 0 Å². The van der Waals surface area contributed by atoms with E-state index in [0.717, 1.165) is 5.56 Å². The molecule has 0 radical (unpaired) electrons. The molecule has 1 aliphatic rings. The molecule has 0 atom stereocenters. The fourth-order valence-electron chi connectivity index (χ4n) is 2.57. The Bertz CT molecular complexity index is 769. The van der Waals surface area contributed by atoms with Crippen LogP contribution >= 0.6 is 0 Å². The van der Waals surface area contributed by atoms with Crippen molar-refractivity contribution in [1.29, 1.82) is 0 Å². The molecule has 0 saturated carbocycles. The van der Waals surface area contributed by atoms with E-state index in [1.807, 2.05) is 33.0 Å². The summed E-state index contributed by atoms with van der Waals surface area (Å²) in [6.45, 7) is 6.70. The van der Waals surface area contributed by atoms with E-state index in [2.05, 4.69) is 5.10 Å². The Morgan fingerprint density at radius 1 is 1.30 bits per heavy atom. The fourth-order valence-corrected chi connectivity index (χ4v) is 2.57. The first-order valence-corrected chi connectivity index (χ1v) is 7.43. The lowest BCUT2D eigenvalue weighted by molar-refractivity contribution is 0.00814. The number of hydrogen-bond acceptors (Lipinski definition) is 4. The summed E-state index contributed by atoms with van der Waals surface area (Å²) in [7, 11) is 0. The second-order valence-electron chi connectivity index (χ2n) is 6.74.